The lowest BCUT2D eigenvalue weighted by molar-refractivity contribution is 0.0920. The molecule has 1 N–H and O–H groups in total. The maximum absolute atomic E-state index is 14.7. The number of alkyl halides is 1. The standard InChI is InChI=1S/C30H36FNO/c1-6-8-13-22(7-2)24-16-11-17-25(20-24)28(23-14-9-10-15-23)32-29(33)26-18-12-19-27(21(26)3)30(4,5)31/h6-8,11-13,16-20,23,28H,2,9-10,14-15H2,1,3-5H3,(H,32,33)/b8-6-,22-13+. The minimum atomic E-state index is -1.50. The highest BCUT2D eigenvalue weighted by Crippen LogP contribution is 2.37. The summed E-state index contributed by atoms with van der Waals surface area (Å²) >= 11 is 0. The van der Waals surface area contributed by atoms with Gasteiger partial charge in [-0.1, -0.05) is 74.1 Å². The molecule has 1 unspecified atom stereocenters. The predicted molar refractivity (Wildman–Crippen MR) is 137 cm³/mol. The lowest BCUT2D eigenvalue weighted by Gasteiger charge is -2.27. The van der Waals surface area contributed by atoms with Gasteiger partial charge < -0.3 is 5.32 Å². The highest BCUT2D eigenvalue weighted by molar-refractivity contribution is 5.96. The number of rotatable bonds is 8. The molecule has 1 aliphatic rings. The summed E-state index contributed by atoms with van der Waals surface area (Å²) in [6, 6.07) is 13.6. The molecule has 174 valence electrons. The zero-order chi connectivity index (χ0) is 24.0. The second-order valence-corrected chi connectivity index (χ2v) is 9.42. The fourth-order valence-electron chi connectivity index (χ4n) is 4.90. The van der Waals surface area contributed by atoms with E-state index in [-0.39, 0.29) is 11.9 Å². The minimum Gasteiger partial charge on any atom is -0.345 e. The summed E-state index contributed by atoms with van der Waals surface area (Å²) in [6.07, 6.45) is 12.4. The van der Waals surface area contributed by atoms with Gasteiger partial charge in [-0.2, -0.15) is 0 Å². The quantitative estimate of drug-likeness (QED) is 0.410. The van der Waals surface area contributed by atoms with E-state index in [0.29, 0.717) is 22.6 Å². The lowest BCUT2D eigenvalue weighted by Crippen LogP contribution is -2.33. The molecule has 0 spiro atoms. The van der Waals surface area contributed by atoms with Crippen LogP contribution in [0, 0.1) is 12.8 Å². The molecular weight excluding hydrogens is 409 g/mol. The molecule has 0 aliphatic heterocycles. The fourth-order valence-corrected chi connectivity index (χ4v) is 4.90. The van der Waals surface area contributed by atoms with Crippen LogP contribution in [0.1, 0.15) is 85.1 Å². The van der Waals surface area contributed by atoms with Crippen LogP contribution in [-0.2, 0) is 5.67 Å². The summed E-state index contributed by atoms with van der Waals surface area (Å²) in [5.74, 6) is 0.242. The Hall–Kier alpha value is -2.94. The van der Waals surface area contributed by atoms with Crippen LogP contribution in [-0.4, -0.2) is 5.91 Å². The highest BCUT2D eigenvalue weighted by atomic mass is 19.1. The van der Waals surface area contributed by atoms with E-state index in [1.54, 1.807) is 18.2 Å². The number of amides is 1. The Labute approximate surface area is 198 Å². The van der Waals surface area contributed by atoms with E-state index in [1.807, 2.05) is 44.2 Å². The van der Waals surface area contributed by atoms with Gasteiger partial charge in [-0.05, 0) is 86.4 Å². The van der Waals surface area contributed by atoms with E-state index in [9.17, 15) is 9.18 Å². The van der Waals surface area contributed by atoms with Crippen molar-refractivity contribution in [2.45, 2.75) is 65.1 Å². The molecule has 3 rings (SSSR count). The Morgan fingerprint density at radius 3 is 2.52 bits per heavy atom. The summed E-state index contributed by atoms with van der Waals surface area (Å²) in [5, 5.41) is 3.32. The molecular formula is C30H36FNO. The first-order chi connectivity index (χ1) is 15.8. The second kappa shape index (κ2) is 10.8. The number of benzene rings is 2. The van der Waals surface area contributed by atoms with E-state index in [0.717, 1.165) is 29.5 Å². The highest BCUT2D eigenvalue weighted by Gasteiger charge is 2.30. The molecule has 3 heteroatoms. The van der Waals surface area contributed by atoms with Crippen LogP contribution < -0.4 is 5.32 Å². The fraction of sp³-hybridized carbons (Fsp3) is 0.367. The van der Waals surface area contributed by atoms with Gasteiger partial charge >= 0.3 is 0 Å². The van der Waals surface area contributed by atoms with Gasteiger partial charge in [-0.15, -0.1) is 0 Å². The molecule has 0 saturated heterocycles. The molecule has 1 amide bonds. The van der Waals surface area contributed by atoms with Gasteiger partial charge in [0.15, 0.2) is 0 Å². The molecule has 0 heterocycles. The van der Waals surface area contributed by atoms with Crippen molar-refractivity contribution in [1.29, 1.82) is 0 Å². The number of hydrogen-bond acceptors (Lipinski definition) is 1. The maximum Gasteiger partial charge on any atom is 0.252 e. The Morgan fingerprint density at radius 1 is 1.18 bits per heavy atom. The van der Waals surface area contributed by atoms with Crippen molar-refractivity contribution in [2.24, 2.45) is 5.92 Å². The van der Waals surface area contributed by atoms with Gasteiger partial charge in [0.05, 0.1) is 6.04 Å². The largest absolute Gasteiger partial charge is 0.345 e. The van der Waals surface area contributed by atoms with Gasteiger partial charge in [0.25, 0.3) is 5.91 Å². The van der Waals surface area contributed by atoms with Gasteiger partial charge in [0.2, 0.25) is 0 Å². The van der Waals surface area contributed by atoms with Gasteiger partial charge in [0, 0.05) is 5.56 Å². The first-order valence-electron chi connectivity index (χ1n) is 11.9. The van der Waals surface area contributed by atoms with Crippen molar-refractivity contribution >= 4 is 11.5 Å². The van der Waals surface area contributed by atoms with Gasteiger partial charge in [0.1, 0.15) is 5.67 Å². The van der Waals surface area contributed by atoms with Crippen molar-refractivity contribution in [3.05, 3.63) is 101 Å². The molecule has 1 saturated carbocycles. The average molecular weight is 446 g/mol. The zero-order valence-electron chi connectivity index (χ0n) is 20.3. The average Bonchev–Trinajstić information content (AvgIpc) is 3.32. The van der Waals surface area contributed by atoms with Crippen LogP contribution in [0.5, 0.6) is 0 Å². The molecule has 0 bridgehead atoms. The van der Waals surface area contributed by atoms with Crippen LogP contribution in [0.4, 0.5) is 4.39 Å². The molecule has 2 aromatic carbocycles. The normalized spacial score (nSPS) is 16.2. The Kier molecular flexibility index (Phi) is 8.07. The Morgan fingerprint density at radius 2 is 1.88 bits per heavy atom. The van der Waals surface area contributed by atoms with E-state index < -0.39 is 5.67 Å². The summed E-state index contributed by atoms with van der Waals surface area (Å²) in [7, 11) is 0. The number of hydrogen-bond donors (Lipinski definition) is 1. The smallest absolute Gasteiger partial charge is 0.252 e. The van der Waals surface area contributed by atoms with Crippen molar-refractivity contribution < 1.29 is 9.18 Å². The molecule has 0 radical (unpaired) electrons. The number of nitrogens with one attached hydrogen (secondary N) is 1. The van der Waals surface area contributed by atoms with Crippen LogP contribution in [0.3, 0.4) is 0 Å². The molecule has 2 aromatic rings. The van der Waals surface area contributed by atoms with E-state index in [1.165, 1.54) is 26.7 Å². The summed E-state index contributed by atoms with van der Waals surface area (Å²) < 4.78 is 14.7. The zero-order valence-corrected chi connectivity index (χ0v) is 20.3. The molecule has 33 heavy (non-hydrogen) atoms. The summed E-state index contributed by atoms with van der Waals surface area (Å²) in [5.41, 5.74) is 3.51. The Bertz CT molecular complexity index is 1050. The molecule has 2 nitrogen and oxygen atoms in total. The van der Waals surface area contributed by atoms with Crippen molar-refractivity contribution in [3.63, 3.8) is 0 Å². The molecule has 1 aliphatic carbocycles. The van der Waals surface area contributed by atoms with E-state index in [4.69, 9.17) is 0 Å². The van der Waals surface area contributed by atoms with E-state index >= 15 is 0 Å². The number of allylic oxidation sites excluding steroid dienone is 5. The topological polar surface area (TPSA) is 29.1 Å². The van der Waals surface area contributed by atoms with E-state index in [2.05, 4.69) is 30.1 Å². The third-order valence-electron chi connectivity index (χ3n) is 6.64. The SMILES string of the molecule is C=C/C(=C\C=C/C)c1cccc(C(NC(=O)c2cccc(C(C)(C)F)c2C)C2CCCC2)c1. The monoisotopic (exact) mass is 445 g/mol. The number of halogens is 1. The lowest BCUT2D eigenvalue weighted by atomic mass is 9.88. The van der Waals surface area contributed by atoms with Crippen LogP contribution in [0.25, 0.3) is 5.57 Å². The minimum absolute atomic E-state index is 0.0887. The Balaban J connectivity index is 1.97. The summed E-state index contributed by atoms with van der Waals surface area (Å²) in [6.45, 7) is 10.8. The van der Waals surface area contributed by atoms with Gasteiger partial charge in [-0.25, -0.2) is 4.39 Å². The van der Waals surface area contributed by atoms with Crippen molar-refractivity contribution in [1.82, 2.24) is 5.32 Å². The maximum atomic E-state index is 14.7. The van der Waals surface area contributed by atoms with Crippen molar-refractivity contribution in [3.8, 4) is 0 Å². The first-order valence-corrected chi connectivity index (χ1v) is 11.9. The van der Waals surface area contributed by atoms with Crippen molar-refractivity contribution in [2.75, 3.05) is 0 Å². The van der Waals surface area contributed by atoms with Gasteiger partial charge in [-0.3, -0.25) is 4.79 Å². The summed E-state index contributed by atoms with van der Waals surface area (Å²) in [4.78, 5) is 13.4. The third kappa shape index (κ3) is 5.90. The third-order valence-corrected chi connectivity index (χ3v) is 6.64. The first kappa shape index (κ1) is 24.7. The molecule has 1 fully saturated rings. The second-order valence-electron chi connectivity index (χ2n) is 9.42. The molecule has 1 atom stereocenters. The number of carbonyl (C=O) groups excluding carboxylic acids is 1. The van der Waals surface area contributed by atoms with Crippen LogP contribution in [0.2, 0.25) is 0 Å². The molecule has 0 aromatic heterocycles. The van der Waals surface area contributed by atoms with Crippen LogP contribution in [0.15, 0.2) is 73.3 Å². The van der Waals surface area contributed by atoms with Crippen LogP contribution >= 0.6 is 0 Å². The number of carbonyl (C=O) groups is 1. The predicted octanol–water partition coefficient (Wildman–Crippen LogP) is 8.01.